The first-order valence-corrected chi connectivity index (χ1v) is 7.71. The van der Waals surface area contributed by atoms with Crippen molar-refractivity contribution in [1.82, 2.24) is 14.9 Å². The fraction of sp³-hybridized carbons (Fsp3) is 0.417. The summed E-state index contributed by atoms with van der Waals surface area (Å²) >= 11 is 0. The Morgan fingerprint density at radius 2 is 2.00 bits per heavy atom. The lowest BCUT2D eigenvalue weighted by Gasteiger charge is -2.33. The molecule has 0 saturated carbocycles. The van der Waals surface area contributed by atoms with E-state index in [1.54, 1.807) is 0 Å². The molecule has 1 aromatic carbocycles. The van der Waals surface area contributed by atoms with E-state index in [4.69, 9.17) is 0 Å². The highest BCUT2D eigenvalue weighted by Crippen LogP contribution is 2.24. The molecule has 116 valence electrons. The maximum Gasteiger partial charge on any atom is 0.249 e. The molecule has 1 fully saturated rings. The van der Waals surface area contributed by atoms with Crippen LogP contribution in [0.1, 0.15) is 0 Å². The summed E-state index contributed by atoms with van der Waals surface area (Å²) in [5.41, 5.74) is 0. The third kappa shape index (κ3) is 2.89. The number of carbonyl (C=O) groups excluding carboxylic acids is 1. The smallest absolute Gasteiger partial charge is 0.249 e. The number of hydrogen-bond acceptors (Lipinski definition) is 4. The molecule has 0 radical (unpaired) electrons. The third-order valence-corrected chi connectivity index (χ3v) is 5.19. The zero-order chi connectivity index (χ0) is 15.6. The second-order valence-corrected chi connectivity index (χ2v) is 6.33. The van der Waals surface area contributed by atoms with E-state index in [1.807, 2.05) is 0 Å². The standard InChI is InChI=1S/C12H15F2N3O3S/c1-15-12(18)10-7-16-5-6-17(10)21(19,20)11-8(13)3-2-4-9(11)14/h2-4,10,16H,5-7H2,1H3,(H,15,18). The Balaban J connectivity index is 2.48. The fourth-order valence-corrected chi connectivity index (χ4v) is 3.91. The van der Waals surface area contributed by atoms with Gasteiger partial charge in [-0.1, -0.05) is 6.07 Å². The van der Waals surface area contributed by atoms with Crippen molar-refractivity contribution in [3.63, 3.8) is 0 Å². The molecule has 0 aromatic heterocycles. The Labute approximate surface area is 121 Å². The average molecular weight is 319 g/mol. The van der Waals surface area contributed by atoms with Crippen molar-refractivity contribution in [3.8, 4) is 0 Å². The van der Waals surface area contributed by atoms with Crippen molar-refractivity contribution >= 4 is 15.9 Å². The second kappa shape index (κ2) is 6.04. The molecule has 1 unspecified atom stereocenters. The van der Waals surface area contributed by atoms with Gasteiger partial charge in [0.1, 0.15) is 17.7 Å². The molecule has 21 heavy (non-hydrogen) atoms. The van der Waals surface area contributed by atoms with Gasteiger partial charge in [-0.25, -0.2) is 17.2 Å². The lowest BCUT2D eigenvalue weighted by atomic mass is 10.2. The van der Waals surface area contributed by atoms with Gasteiger partial charge in [0.2, 0.25) is 15.9 Å². The zero-order valence-electron chi connectivity index (χ0n) is 11.3. The number of amides is 1. The molecule has 1 amide bonds. The molecule has 0 spiro atoms. The van der Waals surface area contributed by atoms with Gasteiger partial charge in [-0.05, 0) is 12.1 Å². The first-order valence-electron chi connectivity index (χ1n) is 6.27. The number of benzene rings is 1. The number of nitrogens with one attached hydrogen (secondary N) is 2. The van der Waals surface area contributed by atoms with Crippen molar-refractivity contribution < 1.29 is 22.0 Å². The summed E-state index contributed by atoms with van der Waals surface area (Å²) in [6.45, 7) is 0.325. The summed E-state index contributed by atoms with van der Waals surface area (Å²) in [6.07, 6.45) is 0. The van der Waals surface area contributed by atoms with Crippen LogP contribution in [0.3, 0.4) is 0 Å². The van der Waals surface area contributed by atoms with Crippen molar-refractivity contribution in [2.45, 2.75) is 10.9 Å². The van der Waals surface area contributed by atoms with Crippen LogP contribution in [0, 0.1) is 11.6 Å². The minimum atomic E-state index is -4.45. The third-order valence-electron chi connectivity index (χ3n) is 3.23. The summed E-state index contributed by atoms with van der Waals surface area (Å²) in [7, 11) is -3.08. The number of carbonyl (C=O) groups is 1. The fourth-order valence-electron chi connectivity index (χ4n) is 2.21. The molecule has 1 aliphatic heterocycles. The van der Waals surface area contributed by atoms with Crippen LogP contribution in [0.4, 0.5) is 8.78 Å². The largest absolute Gasteiger partial charge is 0.358 e. The van der Waals surface area contributed by atoms with Gasteiger partial charge < -0.3 is 10.6 Å². The molecule has 0 aliphatic carbocycles. The van der Waals surface area contributed by atoms with Gasteiger partial charge in [0.15, 0.2) is 4.90 Å². The summed E-state index contributed by atoms with van der Waals surface area (Å²) in [6, 6.07) is 1.77. The van der Waals surface area contributed by atoms with E-state index >= 15 is 0 Å². The van der Waals surface area contributed by atoms with Crippen LogP contribution in [0.5, 0.6) is 0 Å². The average Bonchev–Trinajstić information content (AvgIpc) is 2.46. The van der Waals surface area contributed by atoms with Crippen LogP contribution in [0.15, 0.2) is 23.1 Å². The summed E-state index contributed by atoms with van der Waals surface area (Å²) in [4.78, 5) is 10.8. The number of likely N-dealkylation sites (N-methyl/N-ethyl adjacent to an activating group) is 1. The van der Waals surface area contributed by atoms with Crippen molar-refractivity contribution in [2.75, 3.05) is 26.7 Å². The normalized spacial score (nSPS) is 20.2. The molecule has 9 heteroatoms. The highest BCUT2D eigenvalue weighted by atomic mass is 32.2. The molecule has 6 nitrogen and oxygen atoms in total. The lowest BCUT2D eigenvalue weighted by molar-refractivity contribution is -0.124. The minimum absolute atomic E-state index is 0.0474. The molecule has 2 N–H and O–H groups in total. The van der Waals surface area contributed by atoms with Crippen LogP contribution in [0.2, 0.25) is 0 Å². The number of rotatable bonds is 3. The molecule has 1 aliphatic rings. The monoisotopic (exact) mass is 319 g/mol. The summed E-state index contributed by atoms with van der Waals surface area (Å²) < 4.78 is 53.3. The highest BCUT2D eigenvalue weighted by molar-refractivity contribution is 7.89. The number of sulfonamides is 1. The Morgan fingerprint density at radius 3 is 2.57 bits per heavy atom. The maximum atomic E-state index is 13.7. The van der Waals surface area contributed by atoms with Crippen molar-refractivity contribution in [2.24, 2.45) is 0 Å². The predicted molar refractivity (Wildman–Crippen MR) is 71.0 cm³/mol. The molecule has 1 atom stereocenters. The Kier molecular flexibility index (Phi) is 4.55. The molecule has 1 aromatic rings. The predicted octanol–water partition coefficient (Wildman–Crippen LogP) is -0.327. The van der Waals surface area contributed by atoms with Crippen LogP contribution in [0.25, 0.3) is 0 Å². The number of piperazine rings is 1. The van der Waals surface area contributed by atoms with Gasteiger partial charge in [-0.15, -0.1) is 0 Å². The van der Waals surface area contributed by atoms with Gasteiger partial charge in [-0.3, -0.25) is 4.79 Å². The van der Waals surface area contributed by atoms with E-state index in [0.29, 0.717) is 6.54 Å². The summed E-state index contributed by atoms with van der Waals surface area (Å²) in [5, 5.41) is 5.22. The van der Waals surface area contributed by atoms with E-state index in [-0.39, 0.29) is 13.1 Å². The van der Waals surface area contributed by atoms with E-state index in [1.165, 1.54) is 7.05 Å². The van der Waals surface area contributed by atoms with E-state index in [0.717, 1.165) is 22.5 Å². The Morgan fingerprint density at radius 1 is 1.38 bits per heavy atom. The Hall–Kier alpha value is -1.58. The van der Waals surface area contributed by atoms with E-state index in [9.17, 15) is 22.0 Å². The van der Waals surface area contributed by atoms with Gasteiger partial charge in [0, 0.05) is 26.7 Å². The van der Waals surface area contributed by atoms with E-state index in [2.05, 4.69) is 10.6 Å². The van der Waals surface area contributed by atoms with Crippen molar-refractivity contribution in [3.05, 3.63) is 29.8 Å². The SMILES string of the molecule is CNC(=O)C1CNCCN1S(=O)(=O)c1c(F)cccc1F. The van der Waals surface area contributed by atoms with Gasteiger partial charge in [0.25, 0.3) is 0 Å². The van der Waals surface area contributed by atoms with Crippen LogP contribution in [-0.2, 0) is 14.8 Å². The molecule has 0 bridgehead atoms. The van der Waals surface area contributed by atoms with Crippen LogP contribution in [-0.4, -0.2) is 51.4 Å². The molecular weight excluding hydrogens is 304 g/mol. The van der Waals surface area contributed by atoms with Crippen LogP contribution < -0.4 is 10.6 Å². The van der Waals surface area contributed by atoms with E-state index < -0.39 is 38.5 Å². The highest BCUT2D eigenvalue weighted by Gasteiger charge is 2.39. The topological polar surface area (TPSA) is 78.5 Å². The second-order valence-electron chi connectivity index (χ2n) is 4.50. The van der Waals surface area contributed by atoms with Crippen LogP contribution >= 0.6 is 0 Å². The minimum Gasteiger partial charge on any atom is -0.358 e. The summed E-state index contributed by atoms with van der Waals surface area (Å²) in [5.74, 6) is -2.89. The number of hydrogen-bond donors (Lipinski definition) is 2. The molecular formula is C12H15F2N3O3S. The maximum absolute atomic E-state index is 13.7. The molecule has 2 rings (SSSR count). The first-order chi connectivity index (χ1) is 9.89. The number of halogens is 2. The van der Waals surface area contributed by atoms with Crippen molar-refractivity contribution in [1.29, 1.82) is 0 Å². The quantitative estimate of drug-likeness (QED) is 0.800. The van der Waals surface area contributed by atoms with Gasteiger partial charge in [0.05, 0.1) is 0 Å². The molecule has 1 heterocycles. The Bertz CT molecular complexity index is 631. The molecule has 1 saturated heterocycles. The lowest BCUT2D eigenvalue weighted by Crippen LogP contribution is -2.59. The first kappa shape index (κ1) is 15.8. The number of nitrogens with zero attached hydrogens (tertiary/aromatic N) is 1. The van der Waals surface area contributed by atoms with Gasteiger partial charge >= 0.3 is 0 Å². The zero-order valence-corrected chi connectivity index (χ0v) is 12.1. The van der Waals surface area contributed by atoms with Gasteiger partial charge in [-0.2, -0.15) is 4.31 Å².